The highest BCUT2D eigenvalue weighted by Crippen LogP contribution is 2.53. The summed E-state index contributed by atoms with van der Waals surface area (Å²) in [5.74, 6) is 0. The lowest BCUT2D eigenvalue weighted by Crippen LogP contribution is -2.61. The average molecular weight is 865 g/mol. The van der Waals surface area contributed by atoms with Crippen LogP contribution in [0.1, 0.15) is 52.7 Å². The summed E-state index contributed by atoms with van der Waals surface area (Å²) in [6.07, 6.45) is 0. The first-order valence-electron chi connectivity index (χ1n) is 23.5. The maximum absolute atomic E-state index is 7.15. The topological polar surface area (TPSA) is 32.8 Å². The van der Waals surface area contributed by atoms with Crippen LogP contribution >= 0.6 is 0 Å². The van der Waals surface area contributed by atoms with Crippen molar-refractivity contribution in [3.63, 3.8) is 0 Å². The van der Waals surface area contributed by atoms with Gasteiger partial charge < -0.3 is 18.5 Å². The molecule has 4 nitrogen and oxygen atoms in total. The van der Waals surface area contributed by atoms with Gasteiger partial charge in [-0.3, -0.25) is 0 Å². The molecule has 0 saturated carbocycles. The predicted octanol–water partition coefficient (Wildman–Crippen LogP) is 16.1. The molecular weight excluding hydrogens is 816 g/mol. The minimum atomic E-state index is -0.254. The first kappa shape index (κ1) is 39.6. The second kappa shape index (κ2) is 14.4. The van der Waals surface area contributed by atoms with Crippen molar-refractivity contribution in [2.24, 2.45) is 0 Å². The highest BCUT2D eigenvalue weighted by Gasteiger charge is 2.47. The summed E-state index contributed by atoms with van der Waals surface area (Å²) in [6.45, 7) is 13.5. The van der Waals surface area contributed by atoms with Crippen LogP contribution in [0.15, 0.2) is 197 Å². The predicted molar refractivity (Wildman–Crippen MR) is 283 cm³/mol. The van der Waals surface area contributed by atoms with Crippen molar-refractivity contribution in [3.8, 4) is 33.4 Å². The normalized spacial score (nSPS) is 13.4. The van der Waals surface area contributed by atoms with Crippen molar-refractivity contribution in [1.29, 1.82) is 0 Å². The molecule has 0 atom stereocenters. The number of rotatable bonds is 4. The van der Waals surface area contributed by atoms with E-state index in [1.165, 1.54) is 33.3 Å². The molecular formula is C62H49BN2O2. The molecule has 0 unspecified atom stereocenters. The van der Waals surface area contributed by atoms with Gasteiger partial charge in [0.25, 0.3) is 0 Å². The van der Waals surface area contributed by atoms with Gasteiger partial charge in [0.1, 0.15) is 22.3 Å². The standard InChI is InChI=1S/C62H49BN2O2/c1-61(2,3)41-26-29-43(30-27-41)65-52-31-25-40(38-17-9-7-10-18-38)33-49(52)58-59-54(36-48-45-22-14-16-24-56(45)67-60(48)58)64(51-32-28-42(62(4,5)6)34-46(51)39-19-11-8-12-20-39)53-35-47-44-21-13-15-23-55(44)66-57(47)37-50(53)63(59)65/h7-37H,1-6H3. The smallest absolute Gasteiger partial charge is 0.333 e. The minimum absolute atomic E-state index is 0.000569. The largest absolute Gasteiger partial charge is 0.456 e. The van der Waals surface area contributed by atoms with Crippen LogP contribution < -0.4 is 20.6 Å². The molecule has 0 radical (unpaired) electrons. The molecule has 5 heteroatoms. The number of furan rings is 2. The average Bonchev–Trinajstić information content (AvgIpc) is 3.91. The molecule has 0 saturated heterocycles. The molecule has 0 N–H and O–H groups in total. The number of benzene rings is 9. The van der Waals surface area contributed by atoms with Crippen molar-refractivity contribution in [2.75, 3.05) is 9.71 Å². The zero-order valence-electron chi connectivity index (χ0n) is 38.7. The maximum Gasteiger partial charge on any atom is 0.333 e. The molecule has 67 heavy (non-hydrogen) atoms. The van der Waals surface area contributed by atoms with Gasteiger partial charge in [-0.05, 0) is 116 Å². The summed E-state index contributed by atoms with van der Waals surface area (Å²) in [7, 11) is 0. The van der Waals surface area contributed by atoms with Gasteiger partial charge in [0.15, 0.2) is 0 Å². The molecule has 2 aliphatic rings. The zero-order chi connectivity index (χ0) is 45.3. The summed E-state index contributed by atoms with van der Waals surface area (Å²) in [6, 6.07) is 69.2. The van der Waals surface area contributed by atoms with E-state index < -0.39 is 0 Å². The molecule has 2 aliphatic heterocycles. The van der Waals surface area contributed by atoms with Gasteiger partial charge in [-0.2, -0.15) is 0 Å². The van der Waals surface area contributed by atoms with Gasteiger partial charge in [-0.15, -0.1) is 0 Å². The molecule has 0 spiro atoms. The fraction of sp³-hybridized carbons (Fsp3) is 0.129. The fourth-order valence-corrected chi connectivity index (χ4v) is 10.9. The molecule has 13 rings (SSSR count). The summed E-state index contributed by atoms with van der Waals surface area (Å²) in [5, 5.41) is 4.39. The van der Waals surface area contributed by atoms with Crippen LogP contribution in [0.25, 0.3) is 77.3 Å². The third-order valence-corrected chi connectivity index (χ3v) is 14.4. The van der Waals surface area contributed by atoms with Gasteiger partial charge in [0.05, 0.1) is 5.69 Å². The number of hydrogen-bond donors (Lipinski definition) is 0. The Morgan fingerprint density at radius 3 is 1.70 bits per heavy atom. The van der Waals surface area contributed by atoms with E-state index in [0.29, 0.717) is 0 Å². The SMILES string of the molecule is CC(C)(C)c1ccc(N2B3c4cc5oc6ccccc6c5cc4N(c4ccc(C(C)(C)C)cc4-c4ccccc4)c4cc5c(oc6ccccc65)c(c43)-c3cc(-c4ccccc4)ccc32)cc1. The Morgan fingerprint density at radius 2 is 1.00 bits per heavy atom. The van der Waals surface area contributed by atoms with Crippen LogP contribution in [0.3, 0.4) is 0 Å². The Kier molecular flexibility index (Phi) is 8.49. The van der Waals surface area contributed by atoms with Crippen LogP contribution in [0.4, 0.5) is 28.4 Å². The number of fused-ring (bicyclic) bond motifs is 11. The Hall–Kier alpha value is -7.76. The monoisotopic (exact) mass is 864 g/mol. The highest BCUT2D eigenvalue weighted by atomic mass is 16.3. The second-order valence-electron chi connectivity index (χ2n) is 20.5. The molecule has 0 aliphatic carbocycles. The molecule has 11 aromatic rings. The van der Waals surface area contributed by atoms with E-state index in [9.17, 15) is 0 Å². The molecule has 0 bridgehead atoms. The molecule has 322 valence electrons. The summed E-state index contributed by atoms with van der Waals surface area (Å²) >= 11 is 0. The third kappa shape index (κ3) is 6.07. The second-order valence-corrected chi connectivity index (χ2v) is 20.5. The summed E-state index contributed by atoms with van der Waals surface area (Å²) < 4.78 is 14.0. The van der Waals surface area contributed by atoms with Crippen molar-refractivity contribution in [2.45, 2.75) is 52.4 Å². The fourth-order valence-electron chi connectivity index (χ4n) is 10.9. The highest BCUT2D eigenvalue weighted by molar-refractivity contribution is 6.94. The lowest BCUT2D eigenvalue weighted by Gasteiger charge is -2.46. The first-order chi connectivity index (χ1) is 32.5. The van der Waals surface area contributed by atoms with Crippen molar-refractivity contribution in [3.05, 3.63) is 199 Å². The first-order valence-corrected chi connectivity index (χ1v) is 23.5. The van der Waals surface area contributed by atoms with Crippen molar-refractivity contribution < 1.29 is 8.83 Å². The van der Waals surface area contributed by atoms with Gasteiger partial charge >= 0.3 is 6.85 Å². The Labute approximate surface area is 391 Å². The zero-order valence-corrected chi connectivity index (χ0v) is 38.7. The van der Waals surface area contributed by atoms with Gasteiger partial charge in [-0.25, -0.2) is 0 Å². The molecule has 2 aromatic heterocycles. The van der Waals surface area contributed by atoms with E-state index in [1.54, 1.807) is 0 Å². The molecule has 9 aromatic carbocycles. The quantitative estimate of drug-likeness (QED) is 0.165. The van der Waals surface area contributed by atoms with E-state index in [0.717, 1.165) is 94.5 Å². The van der Waals surface area contributed by atoms with Gasteiger partial charge in [0.2, 0.25) is 0 Å². The minimum Gasteiger partial charge on any atom is -0.456 e. The number of para-hydroxylation sites is 2. The van der Waals surface area contributed by atoms with Crippen LogP contribution in [0.2, 0.25) is 0 Å². The molecule has 4 heterocycles. The number of nitrogens with zero attached hydrogens (tertiary/aromatic N) is 2. The lowest BCUT2D eigenvalue weighted by atomic mass is 9.43. The number of hydrogen-bond acceptors (Lipinski definition) is 4. The number of anilines is 5. The van der Waals surface area contributed by atoms with Crippen molar-refractivity contribution >= 4 is 90.1 Å². The Balaban J connectivity index is 1.21. The van der Waals surface area contributed by atoms with Crippen LogP contribution in [0.5, 0.6) is 0 Å². The maximum atomic E-state index is 7.15. The van der Waals surface area contributed by atoms with Crippen LogP contribution in [-0.4, -0.2) is 6.85 Å². The molecule has 0 amide bonds. The Bertz CT molecular complexity index is 3780. The van der Waals surface area contributed by atoms with Crippen molar-refractivity contribution in [1.82, 2.24) is 0 Å². The van der Waals surface area contributed by atoms with E-state index in [4.69, 9.17) is 8.83 Å². The van der Waals surface area contributed by atoms with Gasteiger partial charge in [0, 0.05) is 61.0 Å². The summed E-state index contributed by atoms with van der Waals surface area (Å²) in [4.78, 5) is 5.15. The van der Waals surface area contributed by atoms with E-state index >= 15 is 0 Å². The van der Waals surface area contributed by atoms with Crippen LogP contribution in [0, 0.1) is 0 Å². The van der Waals surface area contributed by atoms with E-state index in [2.05, 4.69) is 239 Å². The third-order valence-electron chi connectivity index (χ3n) is 14.4. The lowest BCUT2D eigenvalue weighted by molar-refractivity contribution is 0.590. The van der Waals surface area contributed by atoms with Crippen LogP contribution in [-0.2, 0) is 10.8 Å². The molecule has 0 fully saturated rings. The summed E-state index contributed by atoms with van der Waals surface area (Å²) in [5.41, 5.74) is 21.0. The van der Waals surface area contributed by atoms with E-state index in [-0.39, 0.29) is 17.7 Å². The van der Waals surface area contributed by atoms with Gasteiger partial charge in [-0.1, -0.05) is 163 Å². The Morgan fingerprint density at radius 1 is 0.403 bits per heavy atom. The van der Waals surface area contributed by atoms with E-state index in [1.807, 2.05) is 0 Å².